The van der Waals surface area contributed by atoms with Gasteiger partial charge in [-0.25, -0.2) is 4.39 Å². The second-order valence-corrected chi connectivity index (χ2v) is 7.96. The smallest absolute Gasteiger partial charge is 0.254 e. The second kappa shape index (κ2) is 8.57. The Labute approximate surface area is 173 Å². The van der Waals surface area contributed by atoms with Crippen molar-refractivity contribution in [1.29, 1.82) is 0 Å². The maximum atomic E-state index is 13.2. The Morgan fingerprint density at radius 2 is 1.90 bits per heavy atom. The van der Waals surface area contributed by atoms with Crippen LogP contribution in [0.3, 0.4) is 0 Å². The molecule has 4 nitrogen and oxygen atoms in total. The van der Waals surface area contributed by atoms with Gasteiger partial charge in [-0.05, 0) is 59.7 Å². The number of carbonyl (C=O) groups is 2. The largest absolute Gasteiger partial charge is 0.338 e. The summed E-state index contributed by atoms with van der Waals surface area (Å²) in [6, 6.07) is 15.6. The van der Waals surface area contributed by atoms with E-state index in [1.807, 2.05) is 41.1 Å². The van der Waals surface area contributed by atoms with Crippen molar-refractivity contribution in [2.45, 2.75) is 12.8 Å². The van der Waals surface area contributed by atoms with E-state index in [1.54, 1.807) is 17.0 Å². The molecule has 1 aliphatic rings. The molecule has 0 saturated carbocycles. The molecular weight excluding hydrogens is 387 g/mol. The van der Waals surface area contributed by atoms with Crippen molar-refractivity contribution >= 4 is 28.8 Å². The zero-order chi connectivity index (χ0) is 20.2. The molecule has 3 aromatic rings. The molecular formula is C23H21FN2O2S. The number of rotatable bonds is 4. The van der Waals surface area contributed by atoms with Crippen LogP contribution >= 0.6 is 11.3 Å². The summed E-state index contributed by atoms with van der Waals surface area (Å²) in [5.74, 6) is -0.607. The van der Waals surface area contributed by atoms with Gasteiger partial charge in [0.2, 0.25) is 5.91 Å². The summed E-state index contributed by atoms with van der Waals surface area (Å²) in [6.07, 6.45) is 1.57. The predicted molar refractivity (Wildman–Crippen MR) is 113 cm³/mol. The highest BCUT2D eigenvalue weighted by atomic mass is 32.1. The fourth-order valence-electron chi connectivity index (χ4n) is 3.61. The van der Waals surface area contributed by atoms with Crippen LogP contribution in [0.4, 0.5) is 10.1 Å². The quantitative estimate of drug-likeness (QED) is 0.657. The van der Waals surface area contributed by atoms with E-state index in [1.165, 1.54) is 23.5 Å². The zero-order valence-corrected chi connectivity index (χ0v) is 16.6. The van der Waals surface area contributed by atoms with Gasteiger partial charge in [-0.15, -0.1) is 0 Å². The first-order chi connectivity index (χ1) is 14.1. The van der Waals surface area contributed by atoms with Crippen molar-refractivity contribution in [3.05, 3.63) is 76.7 Å². The van der Waals surface area contributed by atoms with Gasteiger partial charge >= 0.3 is 0 Å². The number of amides is 2. The summed E-state index contributed by atoms with van der Waals surface area (Å²) in [4.78, 5) is 27.2. The SMILES string of the molecule is O=C(Nc1cccc(-c2ccc(F)cc2)c1)[C@H]1CCCN(C(=O)c2ccsc2)C1. The maximum Gasteiger partial charge on any atom is 0.254 e. The number of hydrogen-bond donors (Lipinski definition) is 1. The lowest BCUT2D eigenvalue weighted by Gasteiger charge is -2.32. The number of thiophene rings is 1. The molecule has 0 radical (unpaired) electrons. The van der Waals surface area contributed by atoms with Crippen LogP contribution in [0.15, 0.2) is 65.4 Å². The van der Waals surface area contributed by atoms with E-state index in [4.69, 9.17) is 0 Å². The number of piperidine rings is 1. The fraction of sp³-hybridized carbons (Fsp3) is 0.217. The molecule has 4 rings (SSSR count). The van der Waals surface area contributed by atoms with E-state index in [0.29, 0.717) is 24.3 Å². The van der Waals surface area contributed by atoms with Crippen molar-refractivity contribution in [2.24, 2.45) is 5.92 Å². The zero-order valence-electron chi connectivity index (χ0n) is 15.8. The van der Waals surface area contributed by atoms with Crippen LogP contribution in [-0.2, 0) is 4.79 Å². The van der Waals surface area contributed by atoms with Gasteiger partial charge in [-0.2, -0.15) is 11.3 Å². The lowest BCUT2D eigenvalue weighted by atomic mass is 9.96. The Morgan fingerprint density at radius 3 is 2.66 bits per heavy atom. The Kier molecular flexibility index (Phi) is 5.71. The highest BCUT2D eigenvalue weighted by Crippen LogP contribution is 2.25. The summed E-state index contributed by atoms with van der Waals surface area (Å²) in [5, 5.41) is 6.70. The normalized spacial score (nSPS) is 16.4. The molecule has 6 heteroatoms. The van der Waals surface area contributed by atoms with Crippen LogP contribution in [0.25, 0.3) is 11.1 Å². The van der Waals surface area contributed by atoms with Crippen molar-refractivity contribution in [3.63, 3.8) is 0 Å². The molecule has 148 valence electrons. The van der Waals surface area contributed by atoms with Crippen molar-refractivity contribution < 1.29 is 14.0 Å². The number of hydrogen-bond acceptors (Lipinski definition) is 3. The van der Waals surface area contributed by atoms with Crippen molar-refractivity contribution in [2.75, 3.05) is 18.4 Å². The number of nitrogens with zero attached hydrogens (tertiary/aromatic N) is 1. The number of carbonyl (C=O) groups excluding carboxylic acids is 2. The maximum absolute atomic E-state index is 13.2. The first kappa shape index (κ1) is 19.3. The van der Waals surface area contributed by atoms with Gasteiger partial charge in [0.25, 0.3) is 5.91 Å². The topological polar surface area (TPSA) is 49.4 Å². The number of nitrogens with one attached hydrogen (secondary N) is 1. The Bertz CT molecular complexity index is 1000. The highest BCUT2D eigenvalue weighted by molar-refractivity contribution is 7.08. The summed E-state index contributed by atoms with van der Waals surface area (Å²) < 4.78 is 13.2. The van der Waals surface area contributed by atoms with E-state index in [-0.39, 0.29) is 23.5 Å². The molecule has 1 atom stereocenters. The molecule has 0 aliphatic carbocycles. The molecule has 29 heavy (non-hydrogen) atoms. The minimum Gasteiger partial charge on any atom is -0.338 e. The number of anilines is 1. The molecule has 2 aromatic carbocycles. The second-order valence-electron chi connectivity index (χ2n) is 7.18. The molecule has 1 N–H and O–H groups in total. The van der Waals surface area contributed by atoms with Crippen LogP contribution < -0.4 is 5.32 Å². The molecule has 1 aliphatic heterocycles. The van der Waals surface area contributed by atoms with Gasteiger partial charge in [0.05, 0.1) is 11.5 Å². The summed E-state index contributed by atoms with van der Waals surface area (Å²) in [6.45, 7) is 1.11. The predicted octanol–water partition coefficient (Wildman–Crippen LogP) is 5.05. The number of likely N-dealkylation sites (tertiary alicyclic amines) is 1. The summed E-state index contributed by atoms with van der Waals surface area (Å²) in [5.41, 5.74) is 3.16. The lowest BCUT2D eigenvalue weighted by molar-refractivity contribution is -0.121. The monoisotopic (exact) mass is 408 g/mol. The minimum absolute atomic E-state index is 0.0120. The van der Waals surface area contributed by atoms with Gasteiger partial charge in [0.15, 0.2) is 0 Å². The summed E-state index contributed by atoms with van der Waals surface area (Å²) in [7, 11) is 0. The van der Waals surface area contributed by atoms with Gasteiger partial charge in [0.1, 0.15) is 5.82 Å². The molecule has 1 saturated heterocycles. The van der Waals surface area contributed by atoms with Gasteiger partial charge in [0, 0.05) is 24.2 Å². The van der Waals surface area contributed by atoms with Crippen LogP contribution in [-0.4, -0.2) is 29.8 Å². The molecule has 2 heterocycles. The van der Waals surface area contributed by atoms with E-state index >= 15 is 0 Å². The van der Waals surface area contributed by atoms with Crippen molar-refractivity contribution in [3.8, 4) is 11.1 Å². The van der Waals surface area contributed by atoms with Crippen LogP contribution in [0.1, 0.15) is 23.2 Å². The third kappa shape index (κ3) is 4.54. The van der Waals surface area contributed by atoms with Crippen molar-refractivity contribution in [1.82, 2.24) is 4.90 Å². The molecule has 0 bridgehead atoms. The third-order valence-corrected chi connectivity index (χ3v) is 5.84. The standard InChI is InChI=1S/C23H21FN2O2S/c24-20-8-6-16(7-9-20)17-3-1-5-21(13-17)25-22(27)18-4-2-11-26(14-18)23(28)19-10-12-29-15-19/h1,3,5-10,12-13,15,18H,2,4,11,14H2,(H,25,27)/t18-/m0/s1. The number of benzene rings is 2. The van der Waals surface area contributed by atoms with E-state index in [0.717, 1.165) is 24.0 Å². The number of halogens is 1. The first-order valence-electron chi connectivity index (χ1n) is 9.58. The van der Waals surface area contributed by atoms with Crippen LogP contribution in [0.2, 0.25) is 0 Å². The van der Waals surface area contributed by atoms with Crippen LogP contribution in [0, 0.1) is 11.7 Å². The Morgan fingerprint density at radius 1 is 1.07 bits per heavy atom. The molecule has 1 fully saturated rings. The average Bonchev–Trinajstić information content (AvgIpc) is 3.29. The van der Waals surface area contributed by atoms with E-state index in [9.17, 15) is 14.0 Å². The molecule has 1 aromatic heterocycles. The lowest BCUT2D eigenvalue weighted by Crippen LogP contribution is -2.43. The Balaban J connectivity index is 1.43. The van der Waals surface area contributed by atoms with E-state index in [2.05, 4.69) is 5.32 Å². The average molecular weight is 408 g/mol. The first-order valence-corrected chi connectivity index (χ1v) is 10.5. The van der Waals surface area contributed by atoms with Gasteiger partial charge in [-0.3, -0.25) is 9.59 Å². The highest BCUT2D eigenvalue weighted by Gasteiger charge is 2.29. The van der Waals surface area contributed by atoms with Crippen LogP contribution in [0.5, 0.6) is 0 Å². The fourth-order valence-corrected chi connectivity index (χ4v) is 4.24. The minimum atomic E-state index is -0.281. The van der Waals surface area contributed by atoms with Gasteiger partial charge < -0.3 is 10.2 Å². The Hall–Kier alpha value is -2.99. The molecule has 2 amide bonds. The van der Waals surface area contributed by atoms with E-state index < -0.39 is 0 Å². The molecule has 0 unspecified atom stereocenters. The van der Waals surface area contributed by atoms with Gasteiger partial charge in [-0.1, -0.05) is 24.3 Å². The molecule has 0 spiro atoms. The third-order valence-electron chi connectivity index (χ3n) is 5.16. The summed E-state index contributed by atoms with van der Waals surface area (Å²) >= 11 is 1.49.